The topological polar surface area (TPSA) is 69.4 Å². The summed E-state index contributed by atoms with van der Waals surface area (Å²) in [5.74, 6) is 4.42. The summed E-state index contributed by atoms with van der Waals surface area (Å²) in [6, 6.07) is 10.9. The summed E-state index contributed by atoms with van der Waals surface area (Å²) in [5.41, 5.74) is 7.83. The van der Waals surface area contributed by atoms with Crippen molar-refractivity contribution in [1.82, 2.24) is 0 Å². The van der Waals surface area contributed by atoms with Gasteiger partial charge in [0.25, 0.3) is 0 Å². The largest absolute Gasteiger partial charge is 0.369 e. The van der Waals surface area contributed by atoms with Gasteiger partial charge in [-0.1, -0.05) is 42.2 Å². The van der Waals surface area contributed by atoms with Crippen LogP contribution in [0.1, 0.15) is 45.5 Å². The zero-order chi connectivity index (χ0) is 19.2. The monoisotopic (exact) mass is 365 g/mol. The molecule has 0 aliphatic heterocycles. The third-order valence-corrected chi connectivity index (χ3v) is 4.44. The summed E-state index contributed by atoms with van der Waals surface area (Å²) >= 11 is 0. The van der Waals surface area contributed by atoms with Gasteiger partial charge >= 0.3 is 0 Å². The van der Waals surface area contributed by atoms with Crippen LogP contribution in [0.4, 0.5) is 4.39 Å². The highest BCUT2D eigenvalue weighted by molar-refractivity contribution is 6.01. The van der Waals surface area contributed by atoms with E-state index in [4.69, 9.17) is 10.5 Å². The maximum absolute atomic E-state index is 14.6. The lowest BCUT2D eigenvalue weighted by Gasteiger charge is -2.20. The summed E-state index contributed by atoms with van der Waals surface area (Å²) in [6.45, 7) is 0.576. The van der Waals surface area contributed by atoms with E-state index in [1.807, 2.05) is 30.3 Å². The number of hydrogen-bond acceptors (Lipinski definition) is 3. The van der Waals surface area contributed by atoms with Crippen molar-refractivity contribution in [2.45, 2.75) is 32.3 Å². The first kappa shape index (κ1) is 18.8. The van der Waals surface area contributed by atoms with Gasteiger partial charge in [-0.05, 0) is 35.6 Å². The number of nitrogens with two attached hydrogens (primary N) is 1. The fourth-order valence-corrected chi connectivity index (χ4v) is 3.29. The second kappa shape index (κ2) is 8.61. The molecule has 0 saturated carbocycles. The average Bonchev–Trinajstić information content (AvgIpc) is 2.64. The summed E-state index contributed by atoms with van der Waals surface area (Å²) < 4.78 is 20.1. The minimum Gasteiger partial charge on any atom is -0.369 e. The Morgan fingerprint density at radius 1 is 1.22 bits per heavy atom. The molecule has 0 spiro atoms. The van der Waals surface area contributed by atoms with Crippen LogP contribution in [-0.2, 0) is 29.0 Å². The summed E-state index contributed by atoms with van der Waals surface area (Å²) in [5, 5.41) is 0. The minimum atomic E-state index is -0.594. The highest BCUT2D eigenvalue weighted by atomic mass is 19.1. The van der Waals surface area contributed by atoms with E-state index in [0.29, 0.717) is 42.6 Å². The number of Topliss-reactive ketones (excluding diaryl/α,β-unsaturated/α-hetero) is 1. The van der Waals surface area contributed by atoms with Crippen molar-refractivity contribution in [1.29, 1.82) is 0 Å². The highest BCUT2D eigenvalue weighted by Crippen LogP contribution is 2.29. The molecule has 1 amide bonds. The first-order chi connectivity index (χ1) is 13.1. The Hall–Kier alpha value is -2.97. The van der Waals surface area contributed by atoms with Gasteiger partial charge in [0.15, 0.2) is 5.78 Å². The smallest absolute Gasteiger partial charge is 0.221 e. The number of halogens is 1. The number of hydrogen-bond donors (Lipinski definition) is 1. The lowest BCUT2D eigenvalue weighted by atomic mass is 9.83. The van der Waals surface area contributed by atoms with Gasteiger partial charge in [-0.25, -0.2) is 4.39 Å². The van der Waals surface area contributed by atoms with Gasteiger partial charge in [0.05, 0.1) is 18.6 Å². The second-order valence-corrected chi connectivity index (χ2v) is 6.45. The Kier molecular flexibility index (Phi) is 6.00. The van der Waals surface area contributed by atoms with Gasteiger partial charge in [0, 0.05) is 12.0 Å². The molecule has 0 aromatic heterocycles. The normalized spacial score (nSPS) is 12.9. The molecule has 2 aromatic rings. The SMILES string of the molecule is NC(=O)Cc1cc(F)c(C#CCOCc2ccccc2)c2c1C(=O)CCC2. The Morgan fingerprint density at radius 3 is 2.74 bits per heavy atom. The first-order valence-corrected chi connectivity index (χ1v) is 8.82. The van der Waals surface area contributed by atoms with Crippen molar-refractivity contribution in [3.05, 3.63) is 70.0 Å². The molecule has 138 valence electrons. The van der Waals surface area contributed by atoms with Crippen LogP contribution in [0.5, 0.6) is 0 Å². The molecule has 0 saturated heterocycles. The van der Waals surface area contributed by atoms with E-state index >= 15 is 0 Å². The number of fused-ring (bicyclic) bond motifs is 1. The number of ketones is 1. The molecule has 0 bridgehead atoms. The first-order valence-electron chi connectivity index (χ1n) is 8.82. The number of primary amides is 1. The zero-order valence-corrected chi connectivity index (χ0v) is 14.9. The van der Waals surface area contributed by atoms with Crippen molar-refractivity contribution in [3.8, 4) is 11.8 Å². The number of carbonyl (C=O) groups excluding carboxylic acids is 2. The third-order valence-electron chi connectivity index (χ3n) is 4.44. The molecule has 5 heteroatoms. The van der Waals surface area contributed by atoms with Crippen molar-refractivity contribution >= 4 is 11.7 Å². The van der Waals surface area contributed by atoms with E-state index in [1.165, 1.54) is 6.07 Å². The van der Waals surface area contributed by atoms with Crippen LogP contribution in [0.15, 0.2) is 36.4 Å². The molecule has 4 nitrogen and oxygen atoms in total. The van der Waals surface area contributed by atoms with Crippen molar-refractivity contribution in [2.24, 2.45) is 5.73 Å². The molecule has 2 N–H and O–H groups in total. The maximum Gasteiger partial charge on any atom is 0.221 e. The molecular weight excluding hydrogens is 345 g/mol. The highest BCUT2D eigenvalue weighted by Gasteiger charge is 2.26. The van der Waals surface area contributed by atoms with E-state index in [9.17, 15) is 14.0 Å². The van der Waals surface area contributed by atoms with Gasteiger partial charge in [-0.2, -0.15) is 0 Å². The number of rotatable bonds is 5. The van der Waals surface area contributed by atoms with Crippen LogP contribution in [0.25, 0.3) is 0 Å². The van der Waals surface area contributed by atoms with Crippen LogP contribution >= 0.6 is 0 Å². The van der Waals surface area contributed by atoms with E-state index in [2.05, 4.69) is 11.8 Å². The lowest BCUT2D eigenvalue weighted by molar-refractivity contribution is -0.117. The zero-order valence-electron chi connectivity index (χ0n) is 14.9. The number of amides is 1. The molecule has 1 aliphatic carbocycles. The fourth-order valence-electron chi connectivity index (χ4n) is 3.29. The van der Waals surface area contributed by atoms with E-state index in [1.54, 1.807) is 0 Å². The van der Waals surface area contributed by atoms with Crippen molar-refractivity contribution in [2.75, 3.05) is 6.61 Å². The Labute approximate surface area is 157 Å². The Bertz CT molecular complexity index is 926. The number of benzene rings is 2. The van der Waals surface area contributed by atoms with Crippen molar-refractivity contribution in [3.63, 3.8) is 0 Å². The lowest BCUT2D eigenvalue weighted by Crippen LogP contribution is -2.21. The van der Waals surface area contributed by atoms with Gasteiger partial charge in [0.2, 0.25) is 5.91 Å². The molecule has 0 atom stereocenters. The van der Waals surface area contributed by atoms with Gasteiger partial charge in [0.1, 0.15) is 12.4 Å². The molecule has 27 heavy (non-hydrogen) atoms. The molecule has 1 aliphatic rings. The Morgan fingerprint density at radius 2 is 2.00 bits per heavy atom. The summed E-state index contributed by atoms with van der Waals surface area (Å²) in [7, 11) is 0. The van der Waals surface area contributed by atoms with Gasteiger partial charge in [-0.15, -0.1) is 0 Å². The predicted molar refractivity (Wildman–Crippen MR) is 99.5 cm³/mol. The molecule has 2 aromatic carbocycles. The van der Waals surface area contributed by atoms with E-state index in [-0.39, 0.29) is 24.4 Å². The predicted octanol–water partition coefficient (Wildman–Crippen LogP) is 2.94. The van der Waals surface area contributed by atoms with E-state index < -0.39 is 11.7 Å². The molecule has 0 unspecified atom stereocenters. The second-order valence-electron chi connectivity index (χ2n) is 6.45. The van der Waals surface area contributed by atoms with E-state index in [0.717, 1.165) is 5.56 Å². The molecule has 0 fully saturated rings. The molecule has 3 rings (SSSR count). The molecule has 0 heterocycles. The minimum absolute atomic E-state index is 0.0872. The quantitative estimate of drug-likeness (QED) is 0.654. The van der Waals surface area contributed by atoms with Crippen LogP contribution in [0, 0.1) is 17.7 Å². The van der Waals surface area contributed by atoms with Gasteiger partial charge < -0.3 is 10.5 Å². The summed E-state index contributed by atoms with van der Waals surface area (Å²) in [6.07, 6.45) is 1.43. The Balaban J connectivity index is 1.80. The third kappa shape index (κ3) is 4.60. The van der Waals surface area contributed by atoms with Crippen LogP contribution < -0.4 is 5.73 Å². The number of carbonyl (C=O) groups is 2. The number of ether oxygens (including phenoxy) is 1. The van der Waals surface area contributed by atoms with Crippen molar-refractivity contribution < 1.29 is 18.7 Å². The average molecular weight is 365 g/mol. The van der Waals surface area contributed by atoms with Gasteiger partial charge in [-0.3, -0.25) is 9.59 Å². The fraction of sp³-hybridized carbons (Fsp3) is 0.273. The van der Waals surface area contributed by atoms with Crippen LogP contribution in [0.3, 0.4) is 0 Å². The van der Waals surface area contributed by atoms with Crippen LogP contribution in [0.2, 0.25) is 0 Å². The molecular formula is C22H20FNO3. The molecule has 0 radical (unpaired) electrons. The van der Waals surface area contributed by atoms with Crippen LogP contribution in [-0.4, -0.2) is 18.3 Å². The standard InChI is InChI=1S/C22H20FNO3/c23-19-12-16(13-21(24)26)22-18(8-4-10-20(22)25)17(19)9-5-11-27-14-15-6-2-1-3-7-15/h1-3,6-7,12H,4,8,10-11,13-14H2,(H2,24,26). The summed E-state index contributed by atoms with van der Waals surface area (Å²) in [4.78, 5) is 23.6. The maximum atomic E-state index is 14.6.